The van der Waals surface area contributed by atoms with Gasteiger partial charge in [-0.25, -0.2) is 0 Å². The Bertz CT molecular complexity index is 1080. The average molecular weight is 377 g/mol. The molecule has 2 aromatic carbocycles. The molecule has 0 unspecified atom stereocenters. The molecule has 2 heterocycles. The molecule has 1 aliphatic rings. The molecule has 2 amide bonds. The Morgan fingerprint density at radius 1 is 1.04 bits per heavy atom. The molecule has 0 N–H and O–H groups in total. The Balaban J connectivity index is 1.37. The van der Waals surface area contributed by atoms with Crippen molar-refractivity contribution in [1.29, 1.82) is 0 Å². The van der Waals surface area contributed by atoms with Crippen LogP contribution in [-0.4, -0.2) is 35.8 Å². The van der Waals surface area contributed by atoms with E-state index in [2.05, 4.69) is 0 Å². The molecule has 1 aliphatic heterocycles. The van der Waals surface area contributed by atoms with Gasteiger partial charge in [-0.15, -0.1) is 0 Å². The monoisotopic (exact) mass is 377 g/mol. The number of nitrogens with zero attached hydrogens (tertiary/aromatic N) is 1. The average Bonchev–Trinajstić information content (AvgIpc) is 3.16. The number of ether oxygens (including phenoxy) is 1. The number of amides is 2. The first-order valence-electron chi connectivity index (χ1n) is 9.04. The van der Waals surface area contributed by atoms with Crippen molar-refractivity contribution in [2.75, 3.05) is 13.2 Å². The number of fused-ring (bicyclic) bond motifs is 2. The van der Waals surface area contributed by atoms with Gasteiger partial charge in [-0.2, -0.15) is 0 Å². The molecule has 0 saturated heterocycles. The lowest BCUT2D eigenvalue weighted by Gasteiger charge is -2.13. The predicted octanol–water partition coefficient (Wildman–Crippen LogP) is 3.43. The van der Waals surface area contributed by atoms with Crippen LogP contribution in [0.5, 0.6) is 0 Å². The molecule has 0 fully saturated rings. The topological polar surface area (TPSA) is 76.8 Å². The van der Waals surface area contributed by atoms with E-state index >= 15 is 0 Å². The summed E-state index contributed by atoms with van der Waals surface area (Å²) in [6.45, 7) is 4.00. The van der Waals surface area contributed by atoms with Crippen LogP contribution in [0.1, 0.15) is 37.4 Å². The van der Waals surface area contributed by atoms with Gasteiger partial charge in [0.1, 0.15) is 12.2 Å². The quantitative estimate of drug-likeness (QED) is 0.503. The van der Waals surface area contributed by atoms with Crippen molar-refractivity contribution in [2.24, 2.45) is 0 Å². The van der Waals surface area contributed by atoms with Crippen molar-refractivity contribution < 1.29 is 23.5 Å². The highest BCUT2D eigenvalue weighted by Gasteiger charge is 2.34. The molecule has 0 spiro atoms. The third-order valence-corrected chi connectivity index (χ3v) is 5.06. The SMILES string of the molecule is Cc1cc2occ(CC(=O)OCCN3C(=O)c4ccccc4C3=O)c2cc1C. The lowest BCUT2D eigenvalue weighted by molar-refractivity contribution is -0.143. The molecule has 4 rings (SSSR count). The van der Waals surface area contributed by atoms with Gasteiger partial charge >= 0.3 is 5.97 Å². The van der Waals surface area contributed by atoms with Gasteiger partial charge in [-0.3, -0.25) is 19.3 Å². The maximum atomic E-state index is 12.3. The molecule has 0 radical (unpaired) electrons. The summed E-state index contributed by atoms with van der Waals surface area (Å²) in [5.41, 5.74) is 4.50. The van der Waals surface area contributed by atoms with Crippen LogP contribution in [0.2, 0.25) is 0 Å². The summed E-state index contributed by atoms with van der Waals surface area (Å²) >= 11 is 0. The molecule has 0 saturated carbocycles. The summed E-state index contributed by atoms with van der Waals surface area (Å²) in [5.74, 6) is -1.15. The van der Waals surface area contributed by atoms with Crippen LogP contribution < -0.4 is 0 Å². The van der Waals surface area contributed by atoms with Gasteiger partial charge < -0.3 is 9.15 Å². The standard InChI is InChI=1S/C22H19NO5/c1-13-9-18-15(12-28-19(18)10-14(13)2)11-20(24)27-8-7-23-21(25)16-5-3-4-6-17(16)22(23)26/h3-6,9-10,12H,7-8,11H2,1-2H3. The van der Waals surface area contributed by atoms with Crippen molar-refractivity contribution >= 4 is 28.8 Å². The Labute approximate surface area is 161 Å². The lowest BCUT2D eigenvalue weighted by Crippen LogP contribution is -2.33. The number of hydrogen-bond donors (Lipinski definition) is 0. The van der Waals surface area contributed by atoms with Crippen LogP contribution in [0.3, 0.4) is 0 Å². The van der Waals surface area contributed by atoms with E-state index in [1.165, 1.54) is 0 Å². The second-order valence-corrected chi connectivity index (χ2v) is 6.90. The van der Waals surface area contributed by atoms with Crippen LogP contribution in [0.25, 0.3) is 11.0 Å². The summed E-state index contributed by atoms with van der Waals surface area (Å²) in [4.78, 5) is 37.9. The maximum absolute atomic E-state index is 12.3. The minimum atomic E-state index is -0.433. The Kier molecular flexibility index (Phi) is 4.47. The molecular weight excluding hydrogens is 358 g/mol. The first-order valence-corrected chi connectivity index (χ1v) is 9.04. The summed E-state index contributed by atoms with van der Waals surface area (Å²) in [5, 5.41) is 0.889. The molecule has 6 heteroatoms. The van der Waals surface area contributed by atoms with Crippen LogP contribution in [-0.2, 0) is 16.0 Å². The van der Waals surface area contributed by atoms with Gasteiger partial charge in [0.05, 0.1) is 30.4 Å². The second kappa shape index (κ2) is 6.96. The second-order valence-electron chi connectivity index (χ2n) is 6.90. The van der Waals surface area contributed by atoms with Crippen LogP contribution >= 0.6 is 0 Å². The van der Waals surface area contributed by atoms with E-state index in [0.717, 1.165) is 32.6 Å². The van der Waals surface area contributed by atoms with Crippen LogP contribution in [0.15, 0.2) is 47.1 Å². The number of carbonyl (C=O) groups excluding carboxylic acids is 3. The predicted molar refractivity (Wildman–Crippen MR) is 102 cm³/mol. The maximum Gasteiger partial charge on any atom is 0.310 e. The summed E-state index contributed by atoms with van der Waals surface area (Å²) in [7, 11) is 0. The molecule has 3 aromatic rings. The Morgan fingerprint density at radius 2 is 1.68 bits per heavy atom. The molecule has 142 valence electrons. The van der Waals surface area contributed by atoms with Crippen molar-refractivity contribution in [2.45, 2.75) is 20.3 Å². The normalized spacial score (nSPS) is 13.3. The molecular formula is C22H19NO5. The molecule has 0 atom stereocenters. The summed E-state index contributed by atoms with van der Waals surface area (Å²) in [6, 6.07) is 10.6. The van der Waals surface area contributed by atoms with E-state index in [1.807, 2.05) is 26.0 Å². The molecule has 0 aliphatic carbocycles. The van der Waals surface area contributed by atoms with Gasteiger partial charge in [-0.1, -0.05) is 12.1 Å². The number of rotatable bonds is 5. The highest BCUT2D eigenvalue weighted by Crippen LogP contribution is 2.25. The zero-order valence-corrected chi connectivity index (χ0v) is 15.7. The van der Waals surface area contributed by atoms with Crippen molar-refractivity contribution in [3.8, 4) is 0 Å². The number of benzene rings is 2. The van der Waals surface area contributed by atoms with Gasteiger partial charge in [-0.05, 0) is 49.2 Å². The number of esters is 1. The highest BCUT2D eigenvalue weighted by molar-refractivity contribution is 6.21. The number of carbonyl (C=O) groups is 3. The largest absolute Gasteiger partial charge is 0.464 e. The van der Waals surface area contributed by atoms with Crippen molar-refractivity contribution in [1.82, 2.24) is 4.90 Å². The minimum absolute atomic E-state index is 0.0303. The third kappa shape index (κ3) is 3.07. The molecule has 6 nitrogen and oxygen atoms in total. The van der Waals surface area contributed by atoms with E-state index in [4.69, 9.17) is 9.15 Å². The van der Waals surface area contributed by atoms with Gasteiger partial charge in [0.2, 0.25) is 0 Å². The van der Waals surface area contributed by atoms with E-state index < -0.39 is 5.97 Å². The van der Waals surface area contributed by atoms with Gasteiger partial charge in [0, 0.05) is 10.9 Å². The number of aryl methyl sites for hydroxylation is 2. The number of hydrogen-bond acceptors (Lipinski definition) is 5. The number of imide groups is 1. The summed E-state index contributed by atoms with van der Waals surface area (Å²) in [6.07, 6.45) is 1.63. The Morgan fingerprint density at radius 3 is 2.36 bits per heavy atom. The van der Waals surface area contributed by atoms with Gasteiger partial charge in [0.25, 0.3) is 11.8 Å². The van der Waals surface area contributed by atoms with E-state index in [1.54, 1.807) is 30.5 Å². The minimum Gasteiger partial charge on any atom is -0.464 e. The van der Waals surface area contributed by atoms with Crippen molar-refractivity contribution in [3.05, 3.63) is 70.5 Å². The molecule has 1 aromatic heterocycles. The summed E-state index contributed by atoms with van der Waals surface area (Å²) < 4.78 is 10.8. The molecule has 28 heavy (non-hydrogen) atoms. The van der Waals surface area contributed by atoms with E-state index in [9.17, 15) is 14.4 Å². The smallest absolute Gasteiger partial charge is 0.310 e. The Hall–Kier alpha value is -3.41. The van der Waals surface area contributed by atoms with Crippen LogP contribution in [0.4, 0.5) is 0 Å². The van der Waals surface area contributed by atoms with Crippen molar-refractivity contribution in [3.63, 3.8) is 0 Å². The number of furan rings is 1. The fraction of sp³-hybridized carbons (Fsp3) is 0.227. The first kappa shape index (κ1) is 18.0. The third-order valence-electron chi connectivity index (χ3n) is 5.06. The van der Waals surface area contributed by atoms with Gasteiger partial charge in [0.15, 0.2) is 0 Å². The zero-order valence-electron chi connectivity index (χ0n) is 15.7. The fourth-order valence-electron chi connectivity index (χ4n) is 3.37. The molecule has 0 bridgehead atoms. The van der Waals surface area contributed by atoms with E-state index in [0.29, 0.717) is 11.1 Å². The first-order chi connectivity index (χ1) is 13.5. The van der Waals surface area contributed by atoms with Crippen LogP contribution in [0, 0.1) is 13.8 Å². The fourth-order valence-corrected chi connectivity index (χ4v) is 3.37. The zero-order chi connectivity index (χ0) is 19.8. The van der Waals surface area contributed by atoms with E-state index in [-0.39, 0.29) is 31.4 Å². The highest BCUT2D eigenvalue weighted by atomic mass is 16.5. The lowest BCUT2D eigenvalue weighted by atomic mass is 10.0.